The molecule has 0 aliphatic heterocycles. The van der Waals surface area contributed by atoms with E-state index in [-0.39, 0.29) is 22.3 Å². The molecule has 0 unspecified atom stereocenters. The average molecular weight is 435 g/mol. The summed E-state index contributed by atoms with van der Waals surface area (Å²) in [6.07, 6.45) is -0.645. The number of benzene rings is 2. The topological polar surface area (TPSA) is 81.7 Å². The number of hydrogen-bond acceptors (Lipinski definition) is 5. The van der Waals surface area contributed by atoms with Crippen molar-refractivity contribution in [1.82, 2.24) is 0 Å². The van der Waals surface area contributed by atoms with Crippen LogP contribution in [0, 0.1) is 0 Å². The van der Waals surface area contributed by atoms with E-state index in [1.54, 1.807) is 19.1 Å². The molecule has 0 radical (unpaired) electrons. The third kappa shape index (κ3) is 4.86. The Balaban J connectivity index is 2.22. The second kappa shape index (κ2) is 7.87. The lowest BCUT2D eigenvalue weighted by atomic mass is 10.3. The highest BCUT2D eigenvalue weighted by molar-refractivity contribution is 9.10. The van der Waals surface area contributed by atoms with Crippen molar-refractivity contribution in [2.24, 2.45) is 0 Å². The van der Waals surface area contributed by atoms with E-state index in [1.807, 2.05) is 0 Å². The van der Waals surface area contributed by atoms with Gasteiger partial charge in [0.15, 0.2) is 0 Å². The molecule has 0 saturated carbocycles. The van der Waals surface area contributed by atoms with Gasteiger partial charge in [0, 0.05) is 16.2 Å². The van der Waals surface area contributed by atoms with E-state index in [0.717, 1.165) is 0 Å². The normalized spacial score (nSPS) is 11.0. The summed E-state index contributed by atoms with van der Waals surface area (Å²) in [6, 6.07) is 10.3. The van der Waals surface area contributed by atoms with Gasteiger partial charge in [-0.3, -0.25) is 5.32 Å². The van der Waals surface area contributed by atoms with Crippen LogP contribution in [0.4, 0.5) is 10.5 Å². The average Bonchev–Trinajstić information content (AvgIpc) is 2.46. The molecule has 9 heteroatoms. The first-order chi connectivity index (χ1) is 11.3. The van der Waals surface area contributed by atoms with Crippen LogP contribution >= 0.6 is 27.5 Å². The van der Waals surface area contributed by atoms with Crippen LogP contribution in [-0.2, 0) is 14.9 Å². The van der Waals surface area contributed by atoms with Crippen molar-refractivity contribution in [3.63, 3.8) is 0 Å². The fraction of sp³-hybridized carbons (Fsp3) is 0.133. The molecule has 0 atom stereocenters. The van der Waals surface area contributed by atoms with Gasteiger partial charge in [-0.2, -0.15) is 8.42 Å². The predicted molar refractivity (Wildman–Crippen MR) is 94.1 cm³/mol. The zero-order valence-corrected chi connectivity index (χ0v) is 15.6. The summed E-state index contributed by atoms with van der Waals surface area (Å²) in [5, 5.41) is 2.49. The molecule has 2 aromatic carbocycles. The van der Waals surface area contributed by atoms with Gasteiger partial charge in [-0.15, -0.1) is 0 Å². The third-order valence-electron chi connectivity index (χ3n) is 2.73. The summed E-state index contributed by atoms with van der Waals surface area (Å²) in [6.45, 7) is 1.89. The minimum absolute atomic E-state index is 0.0308. The van der Waals surface area contributed by atoms with E-state index in [0.29, 0.717) is 10.2 Å². The SMILES string of the molecule is CCOC(=O)Nc1cccc(OS(=O)(=O)c2ccc(Br)cc2Cl)c1. The highest BCUT2D eigenvalue weighted by atomic mass is 79.9. The minimum atomic E-state index is -4.11. The van der Waals surface area contributed by atoms with Crippen LogP contribution < -0.4 is 9.50 Å². The summed E-state index contributed by atoms with van der Waals surface area (Å²) in [5.41, 5.74) is 0.336. The molecule has 0 aliphatic rings. The molecular weight excluding hydrogens is 422 g/mol. The maximum Gasteiger partial charge on any atom is 0.411 e. The first kappa shape index (κ1) is 18.6. The Kier molecular flexibility index (Phi) is 6.09. The molecule has 0 saturated heterocycles. The zero-order valence-electron chi connectivity index (χ0n) is 12.5. The minimum Gasteiger partial charge on any atom is -0.450 e. The molecule has 0 aliphatic carbocycles. The van der Waals surface area contributed by atoms with Crippen LogP contribution in [-0.4, -0.2) is 21.1 Å². The van der Waals surface area contributed by atoms with Gasteiger partial charge in [0.1, 0.15) is 10.6 Å². The molecule has 0 heterocycles. The Morgan fingerprint density at radius 1 is 1.25 bits per heavy atom. The van der Waals surface area contributed by atoms with Crippen molar-refractivity contribution in [3.8, 4) is 5.75 Å². The van der Waals surface area contributed by atoms with Crippen LogP contribution in [0.25, 0.3) is 0 Å². The fourth-order valence-electron chi connectivity index (χ4n) is 1.76. The Labute approximate surface area is 153 Å². The Hall–Kier alpha value is -1.77. The molecule has 0 bridgehead atoms. The van der Waals surface area contributed by atoms with Crippen molar-refractivity contribution in [2.75, 3.05) is 11.9 Å². The Morgan fingerprint density at radius 3 is 2.67 bits per heavy atom. The molecule has 0 spiro atoms. The van der Waals surface area contributed by atoms with Crippen molar-refractivity contribution < 1.29 is 22.1 Å². The van der Waals surface area contributed by atoms with Crippen LogP contribution in [0.1, 0.15) is 6.92 Å². The Bertz CT molecular complexity index is 857. The van der Waals surface area contributed by atoms with Crippen molar-refractivity contribution in [2.45, 2.75) is 11.8 Å². The zero-order chi connectivity index (χ0) is 17.7. The van der Waals surface area contributed by atoms with Crippen LogP contribution in [0.2, 0.25) is 5.02 Å². The molecule has 2 aromatic rings. The number of rotatable bonds is 5. The number of amides is 1. The highest BCUT2D eigenvalue weighted by Gasteiger charge is 2.20. The first-order valence-corrected chi connectivity index (χ1v) is 9.33. The lowest BCUT2D eigenvalue weighted by Crippen LogP contribution is -2.14. The summed E-state index contributed by atoms with van der Waals surface area (Å²) >= 11 is 9.16. The van der Waals surface area contributed by atoms with Gasteiger partial charge in [-0.1, -0.05) is 33.6 Å². The van der Waals surface area contributed by atoms with Crippen molar-refractivity contribution in [1.29, 1.82) is 0 Å². The number of carbonyl (C=O) groups excluding carboxylic acids is 1. The molecule has 6 nitrogen and oxygen atoms in total. The number of ether oxygens (including phenoxy) is 1. The highest BCUT2D eigenvalue weighted by Crippen LogP contribution is 2.28. The number of anilines is 1. The smallest absolute Gasteiger partial charge is 0.411 e. The standard InChI is InChI=1S/C15H13BrClNO5S/c1-2-22-15(19)18-11-4-3-5-12(9-11)23-24(20,21)14-7-6-10(16)8-13(14)17/h3-9H,2H2,1H3,(H,18,19). The summed E-state index contributed by atoms with van der Waals surface area (Å²) < 4.78 is 35.1. The van der Waals surface area contributed by atoms with Gasteiger partial charge in [0.05, 0.1) is 11.6 Å². The molecular formula is C15H13BrClNO5S. The van der Waals surface area contributed by atoms with Gasteiger partial charge in [0.25, 0.3) is 0 Å². The number of halogens is 2. The van der Waals surface area contributed by atoms with Gasteiger partial charge in [-0.25, -0.2) is 4.79 Å². The van der Waals surface area contributed by atoms with E-state index in [9.17, 15) is 13.2 Å². The van der Waals surface area contributed by atoms with E-state index in [2.05, 4.69) is 21.2 Å². The second-order valence-corrected chi connectivity index (χ2v) is 7.32. The molecule has 1 N–H and O–H groups in total. The number of nitrogens with one attached hydrogen (secondary N) is 1. The van der Waals surface area contributed by atoms with E-state index in [4.69, 9.17) is 20.5 Å². The summed E-state index contributed by atoms with van der Waals surface area (Å²) in [5.74, 6) is 0.0308. The van der Waals surface area contributed by atoms with Crippen LogP contribution in [0.5, 0.6) is 5.75 Å². The molecule has 2 rings (SSSR count). The third-order valence-corrected chi connectivity index (χ3v) is 4.95. The number of carbonyl (C=O) groups is 1. The van der Waals surface area contributed by atoms with E-state index < -0.39 is 16.2 Å². The Morgan fingerprint density at radius 2 is 2.00 bits per heavy atom. The summed E-state index contributed by atoms with van der Waals surface area (Å²) in [4.78, 5) is 11.2. The lowest BCUT2D eigenvalue weighted by molar-refractivity contribution is 0.168. The second-order valence-electron chi connectivity index (χ2n) is 4.49. The van der Waals surface area contributed by atoms with E-state index >= 15 is 0 Å². The molecule has 24 heavy (non-hydrogen) atoms. The van der Waals surface area contributed by atoms with Crippen molar-refractivity contribution in [3.05, 3.63) is 52.0 Å². The van der Waals surface area contributed by atoms with Gasteiger partial charge < -0.3 is 8.92 Å². The van der Waals surface area contributed by atoms with Crippen molar-refractivity contribution >= 4 is 49.4 Å². The van der Waals surface area contributed by atoms with Gasteiger partial charge in [-0.05, 0) is 37.3 Å². The van der Waals surface area contributed by atoms with Crippen LogP contribution in [0.3, 0.4) is 0 Å². The molecule has 0 fully saturated rings. The number of hydrogen-bond donors (Lipinski definition) is 1. The van der Waals surface area contributed by atoms with E-state index in [1.165, 1.54) is 30.3 Å². The van der Waals surface area contributed by atoms with Gasteiger partial charge >= 0.3 is 16.2 Å². The van der Waals surface area contributed by atoms with Crippen LogP contribution in [0.15, 0.2) is 51.8 Å². The van der Waals surface area contributed by atoms with Gasteiger partial charge in [0.2, 0.25) is 0 Å². The maximum atomic E-state index is 12.3. The maximum absolute atomic E-state index is 12.3. The lowest BCUT2D eigenvalue weighted by Gasteiger charge is -2.10. The molecule has 128 valence electrons. The summed E-state index contributed by atoms with van der Waals surface area (Å²) in [7, 11) is -4.11. The monoisotopic (exact) mass is 433 g/mol. The first-order valence-electron chi connectivity index (χ1n) is 6.75. The largest absolute Gasteiger partial charge is 0.450 e. The quantitative estimate of drug-likeness (QED) is 0.704. The predicted octanol–water partition coefficient (Wildman–Crippen LogP) is 4.44. The fourth-order valence-corrected chi connectivity index (χ4v) is 3.70. The molecule has 1 amide bonds. The molecule has 0 aromatic heterocycles.